The van der Waals surface area contributed by atoms with E-state index < -0.39 is 0 Å². The summed E-state index contributed by atoms with van der Waals surface area (Å²) in [6.45, 7) is 5.26. The maximum Gasteiger partial charge on any atom is 0.234 e. The van der Waals surface area contributed by atoms with E-state index in [4.69, 9.17) is 4.74 Å². The molecule has 1 N–H and O–H groups in total. The molecule has 1 heterocycles. The number of amides is 1. The van der Waals surface area contributed by atoms with Gasteiger partial charge >= 0.3 is 0 Å². The Morgan fingerprint density at radius 3 is 2.57 bits per heavy atom. The maximum absolute atomic E-state index is 12.3. The van der Waals surface area contributed by atoms with Crippen LogP contribution >= 0.6 is 0 Å². The van der Waals surface area contributed by atoms with Crippen molar-refractivity contribution in [3.05, 3.63) is 65.7 Å². The smallest absolute Gasteiger partial charge is 0.234 e. The van der Waals surface area contributed by atoms with Crippen LogP contribution in [0.5, 0.6) is 0 Å². The molecule has 5 nitrogen and oxygen atoms in total. The summed E-state index contributed by atoms with van der Waals surface area (Å²) in [5.74, 6) is 0.0828. The fraction of sp³-hybridized carbons (Fsp3) is 0.435. The minimum absolute atomic E-state index is 0.0828. The van der Waals surface area contributed by atoms with Crippen molar-refractivity contribution in [1.82, 2.24) is 10.2 Å². The average molecular weight is 382 g/mol. The monoisotopic (exact) mass is 381 g/mol. The van der Waals surface area contributed by atoms with Gasteiger partial charge in [-0.15, -0.1) is 0 Å². The molecular formula is C23H31N3O2. The number of hydrogen-bond acceptors (Lipinski definition) is 4. The number of rotatable bonds is 9. The number of benzene rings is 2. The molecule has 0 atom stereocenters. The standard InChI is InChI=1S/C23H31N3O2/c1-25(19-23(27)24-13-7-10-20-8-3-2-4-9-20)18-21-11-5-6-12-22(21)26-14-16-28-17-15-26/h2-6,8-9,11-12H,7,10,13-19H2,1H3,(H,24,27). The molecule has 5 heteroatoms. The lowest BCUT2D eigenvalue weighted by molar-refractivity contribution is -0.122. The third-order valence-electron chi connectivity index (χ3n) is 5.00. The average Bonchev–Trinajstić information content (AvgIpc) is 2.73. The molecule has 2 aromatic rings. The number of nitrogens with zero attached hydrogens (tertiary/aromatic N) is 2. The first-order chi connectivity index (χ1) is 13.7. The summed E-state index contributed by atoms with van der Waals surface area (Å²) in [6.07, 6.45) is 1.95. The SMILES string of the molecule is CN(CC(=O)NCCCc1ccccc1)Cc1ccccc1N1CCOCC1. The Labute approximate surface area is 168 Å². The van der Waals surface area contributed by atoms with E-state index in [1.807, 2.05) is 13.1 Å². The highest BCUT2D eigenvalue weighted by atomic mass is 16.5. The number of anilines is 1. The number of para-hydroxylation sites is 1. The van der Waals surface area contributed by atoms with Gasteiger partial charge < -0.3 is 15.0 Å². The molecule has 150 valence electrons. The highest BCUT2D eigenvalue weighted by Gasteiger charge is 2.16. The van der Waals surface area contributed by atoms with E-state index in [-0.39, 0.29) is 5.91 Å². The summed E-state index contributed by atoms with van der Waals surface area (Å²) >= 11 is 0. The van der Waals surface area contributed by atoms with Crippen molar-refractivity contribution in [3.8, 4) is 0 Å². The van der Waals surface area contributed by atoms with Crippen molar-refractivity contribution < 1.29 is 9.53 Å². The summed E-state index contributed by atoms with van der Waals surface area (Å²) in [5.41, 5.74) is 3.82. The molecule has 3 rings (SSSR count). The molecular weight excluding hydrogens is 350 g/mol. The lowest BCUT2D eigenvalue weighted by atomic mass is 10.1. The van der Waals surface area contributed by atoms with Gasteiger partial charge in [-0.25, -0.2) is 0 Å². The number of nitrogens with one attached hydrogen (secondary N) is 1. The summed E-state index contributed by atoms with van der Waals surface area (Å²) in [5, 5.41) is 3.04. The van der Waals surface area contributed by atoms with Crippen LogP contribution in [0.15, 0.2) is 54.6 Å². The highest BCUT2D eigenvalue weighted by molar-refractivity contribution is 5.78. The van der Waals surface area contributed by atoms with E-state index in [1.165, 1.54) is 16.8 Å². The fourth-order valence-corrected chi connectivity index (χ4v) is 3.57. The van der Waals surface area contributed by atoms with Crippen LogP contribution in [-0.2, 0) is 22.5 Å². The quantitative estimate of drug-likeness (QED) is 0.679. The zero-order chi connectivity index (χ0) is 19.6. The first-order valence-corrected chi connectivity index (χ1v) is 10.1. The third kappa shape index (κ3) is 6.36. The van der Waals surface area contributed by atoms with Gasteiger partial charge in [0.15, 0.2) is 0 Å². The maximum atomic E-state index is 12.3. The first-order valence-electron chi connectivity index (χ1n) is 10.1. The molecule has 1 aliphatic heterocycles. The molecule has 0 bridgehead atoms. The van der Waals surface area contributed by atoms with Crippen LogP contribution < -0.4 is 10.2 Å². The van der Waals surface area contributed by atoms with E-state index in [1.54, 1.807) is 0 Å². The van der Waals surface area contributed by atoms with Crippen molar-refractivity contribution in [1.29, 1.82) is 0 Å². The fourth-order valence-electron chi connectivity index (χ4n) is 3.57. The topological polar surface area (TPSA) is 44.8 Å². The van der Waals surface area contributed by atoms with E-state index in [2.05, 4.69) is 63.6 Å². The van der Waals surface area contributed by atoms with Crippen LogP contribution in [0.1, 0.15) is 17.5 Å². The van der Waals surface area contributed by atoms with Crippen molar-refractivity contribution in [3.63, 3.8) is 0 Å². The molecule has 0 aliphatic carbocycles. The number of hydrogen-bond donors (Lipinski definition) is 1. The molecule has 0 radical (unpaired) electrons. The second kappa shape index (κ2) is 10.8. The van der Waals surface area contributed by atoms with E-state index in [0.717, 1.165) is 45.7 Å². The minimum Gasteiger partial charge on any atom is -0.378 e. The molecule has 1 fully saturated rings. The number of aryl methyl sites for hydroxylation is 1. The highest BCUT2D eigenvalue weighted by Crippen LogP contribution is 2.22. The Morgan fingerprint density at radius 1 is 1.07 bits per heavy atom. The number of morpholine rings is 1. The molecule has 1 saturated heterocycles. The summed E-state index contributed by atoms with van der Waals surface area (Å²) < 4.78 is 5.46. The van der Waals surface area contributed by atoms with Crippen molar-refractivity contribution in [2.24, 2.45) is 0 Å². The predicted molar refractivity (Wildman–Crippen MR) is 114 cm³/mol. The van der Waals surface area contributed by atoms with Gasteiger partial charge in [-0.2, -0.15) is 0 Å². The number of carbonyl (C=O) groups excluding carboxylic acids is 1. The molecule has 28 heavy (non-hydrogen) atoms. The van der Waals surface area contributed by atoms with Gasteiger partial charge in [0.1, 0.15) is 0 Å². The molecule has 0 spiro atoms. The molecule has 1 aliphatic rings. The number of carbonyl (C=O) groups is 1. The van der Waals surface area contributed by atoms with E-state index >= 15 is 0 Å². The van der Waals surface area contributed by atoms with Gasteiger partial charge in [0.25, 0.3) is 0 Å². The Kier molecular flexibility index (Phi) is 7.88. The van der Waals surface area contributed by atoms with Gasteiger partial charge in [-0.3, -0.25) is 9.69 Å². The third-order valence-corrected chi connectivity index (χ3v) is 5.00. The van der Waals surface area contributed by atoms with Crippen LogP contribution in [0.4, 0.5) is 5.69 Å². The van der Waals surface area contributed by atoms with Gasteiger partial charge in [0.2, 0.25) is 5.91 Å². The number of ether oxygens (including phenoxy) is 1. The Morgan fingerprint density at radius 2 is 1.79 bits per heavy atom. The molecule has 2 aromatic carbocycles. The Hall–Kier alpha value is -2.37. The second-order valence-corrected chi connectivity index (χ2v) is 7.34. The van der Waals surface area contributed by atoms with Crippen LogP contribution in [0.25, 0.3) is 0 Å². The predicted octanol–water partition coefficient (Wildman–Crippen LogP) is 2.70. The van der Waals surface area contributed by atoms with Gasteiger partial charge in [0.05, 0.1) is 19.8 Å². The van der Waals surface area contributed by atoms with Crippen LogP contribution in [0.3, 0.4) is 0 Å². The molecule has 0 saturated carbocycles. The van der Waals surface area contributed by atoms with Gasteiger partial charge in [-0.1, -0.05) is 48.5 Å². The van der Waals surface area contributed by atoms with Crippen molar-refractivity contribution in [2.45, 2.75) is 19.4 Å². The van der Waals surface area contributed by atoms with Crippen LogP contribution in [0.2, 0.25) is 0 Å². The van der Waals surface area contributed by atoms with Crippen LogP contribution in [-0.4, -0.2) is 57.2 Å². The molecule has 0 aromatic heterocycles. The Bertz CT molecular complexity index is 730. The second-order valence-electron chi connectivity index (χ2n) is 7.34. The largest absolute Gasteiger partial charge is 0.378 e. The van der Waals surface area contributed by atoms with Gasteiger partial charge in [0, 0.05) is 31.9 Å². The summed E-state index contributed by atoms with van der Waals surface area (Å²) in [7, 11) is 2.00. The Balaban J connectivity index is 1.42. The number of likely N-dealkylation sites (N-methyl/N-ethyl adjacent to an activating group) is 1. The van der Waals surface area contributed by atoms with Crippen LogP contribution in [0, 0.1) is 0 Å². The van der Waals surface area contributed by atoms with E-state index in [9.17, 15) is 4.79 Å². The van der Waals surface area contributed by atoms with E-state index in [0.29, 0.717) is 13.1 Å². The molecule has 1 amide bonds. The zero-order valence-electron chi connectivity index (χ0n) is 16.8. The minimum atomic E-state index is 0.0828. The normalized spacial score (nSPS) is 14.3. The zero-order valence-corrected chi connectivity index (χ0v) is 16.8. The first kappa shape index (κ1) is 20.4. The van der Waals surface area contributed by atoms with Crippen molar-refractivity contribution in [2.75, 3.05) is 51.3 Å². The summed E-state index contributed by atoms with van der Waals surface area (Å²) in [4.78, 5) is 16.7. The molecule has 0 unspecified atom stereocenters. The summed E-state index contributed by atoms with van der Waals surface area (Å²) in [6, 6.07) is 18.8. The van der Waals surface area contributed by atoms with Crippen molar-refractivity contribution >= 4 is 11.6 Å². The lowest BCUT2D eigenvalue weighted by Gasteiger charge is -2.31. The van der Waals surface area contributed by atoms with Gasteiger partial charge in [-0.05, 0) is 37.1 Å². The lowest BCUT2D eigenvalue weighted by Crippen LogP contribution is -2.38.